The number of unbranched alkanes of at least 4 members (excludes halogenated alkanes) is 3. The van der Waals surface area contributed by atoms with Crippen LogP contribution in [0.1, 0.15) is 59.3 Å². The largest absolute Gasteiger partial charge is 1.00 e. The first kappa shape index (κ1) is 22.8. The van der Waals surface area contributed by atoms with Crippen LogP contribution in [-0.2, 0) is 14.4 Å². The Hall–Kier alpha value is -0.430. The molecule has 21 heavy (non-hydrogen) atoms. The molecular formula is C14H25N2NaO4. The van der Waals surface area contributed by atoms with Crippen LogP contribution in [0.5, 0.6) is 0 Å². The molecule has 0 aromatic rings. The van der Waals surface area contributed by atoms with Crippen LogP contribution in [0.3, 0.4) is 0 Å². The van der Waals surface area contributed by atoms with Crippen molar-refractivity contribution in [2.75, 3.05) is 0 Å². The number of nitrogens with one attached hydrogen (secondary N) is 2. The minimum atomic E-state index is -1.30. The van der Waals surface area contributed by atoms with E-state index in [0.29, 0.717) is 12.8 Å². The molecule has 0 unspecified atom stereocenters. The van der Waals surface area contributed by atoms with E-state index in [1.807, 2.05) is 13.8 Å². The topological polar surface area (TPSA) is 98.3 Å². The van der Waals surface area contributed by atoms with E-state index >= 15 is 0 Å². The number of rotatable bonds is 11. The Morgan fingerprint density at radius 1 is 1.10 bits per heavy atom. The first-order valence-electron chi connectivity index (χ1n) is 7.18. The van der Waals surface area contributed by atoms with Gasteiger partial charge in [-0.3, -0.25) is 15.0 Å². The monoisotopic (exact) mass is 308 g/mol. The van der Waals surface area contributed by atoms with Crippen molar-refractivity contribution in [2.24, 2.45) is 5.92 Å². The Labute approximate surface area is 148 Å². The molecule has 0 aromatic carbocycles. The zero-order valence-electron chi connectivity index (χ0n) is 13.5. The SMILES string of the molecule is CCCCCCC(=O)C(=O)NN[C@@H](CC(C)C)C(=O)[O-].[Na+]. The molecular weight excluding hydrogens is 283 g/mol. The summed E-state index contributed by atoms with van der Waals surface area (Å²) in [6, 6.07) is -0.994. The van der Waals surface area contributed by atoms with Crippen LogP contribution in [0.4, 0.5) is 0 Å². The minimum Gasteiger partial charge on any atom is -0.548 e. The number of hydrogen-bond acceptors (Lipinski definition) is 5. The van der Waals surface area contributed by atoms with E-state index in [4.69, 9.17) is 0 Å². The molecule has 0 aromatic heterocycles. The zero-order chi connectivity index (χ0) is 15.5. The van der Waals surface area contributed by atoms with Crippen LogP contribution in [0, 0.1) is 5.92 Å². The van der Waals surface area contributed by atoms with Crippen LogP contribution >= 0.6 is 0 Å². The van der Waals surface area contributed by atoms with E-state index in [0.717, 1.165) is 19.3 Å². The maximum atomic E-state index is 11.5. The van der Waals surface area contributed by atoms with Gasteiger partial charge in [-0.05, 0) is 18.8 Å². The molecule has 0 saturated carbocycles. The van der Waals surface area contributed by atoms with Gasteiger partial charge < -0.3 is 9.90 Å². The number of ketones is 1. The minimum absolute atomic E-state index is 0. The van der Waals surface area contributed by atoms with Gasteiger partial charge in [0, 0.05) is 6.42 Å². The summed E-state index contributed by atoms with van der Waals surface area (Å²) in [6.07, 6.45) is 4.19. The van der Waals surface area contributed by atoms with E-state index in [2.05, 4.69) is 17.8 Å². The third-order valence-electron chi connectivity index (χ3n) is 2.86. The summed E-state index contributed by atoms with van der Waals surface area (Å²) in [7, 11) is 0. The number of amides is 1. The summed E-state index contributed by atoms with van der Waals surface area (Å²) in [6.45, 7) is 5.78. The molecule has 0 spiro atoms. The summed E-state index contributed by atoms with van der Waals surface area (Å²) < 4.78 is 0. The van der Waals surface area contributed by atoms with Gasteiger partial charge in [0.1, 0.15) is 0 Å². The predicted octanol–water partition coefficient (Wildman–Crippen LogP) is -2.68. The Morgan fingerprint density at radius 2 is 1.71 bits per heavy atom. The van der Waals surface area contributed by atoms with Crippen molar-refractivity contribution in [3.8, 4) is 0 Å². The number of carbonyl (C=O) groups excluding carboxylic acids is 3. The molecule has 0 bridgehead atoms. The van der Waals surface area contributed by atoms with Gasteiger partial charge in [-0.25, -0.2) is 5.43 Å². The zero-order valence-corrected chi connectivity index (χ0v) is 15.5. The quantitative estimate of drug-likeness (QED) is 0.187. The fourth-order valence-electron chi connectivity index (χ4n) is 1.73. The summed E-state index contributed by atoms with van der Waals surface area (Å²) in [5.41, 5.74) is 4.50. The summed E-state index contributed by atoms with van der Waals surface area (Å²) in [5, 5.41) is 10.9. The Balaban J connectivity index is 0. The van der Waals surface area contributed by atoms with Crippen molar-refractivity contribution in [1.29, 1.82) is 0 Å². The number of carboxylic acids is 1. The number of hydrogen-bond donors (Lipinski definition) is 2. The molecule has 2 N–H and O–H groups in total. The Kier molecular flexibility index (Phi) is 14.4. The smallest absolute Gasteiger partial charge is 0.548 e. The molecule has 0 saturated heterocycles. The van der Waals surface area contributed by atoms with E-state index in [-0.39, 0.29) is 41.9 Å². The molecule has 7 heteroatoms. The predicted molar refractivity (Wildman–Crippen MR) is 73.3 cm³/mol. The van der Waals surface area contributed by atoms with Gasteiger partial charge >= 0.3 is 35.5 Å². The van der Waals surface area contributed by atoms with E-state index in [9.17, 15) is 19.5 Å². The number of carboxylic acid groups (broad SMARTS) is 1. The van der Waals surface area contributed by atoms with Crippen molar-refractivity contribution in [1.82, 2.24) is 10.9 Å². The molecule has 0 radical (unpaired) electrons. The number of aliphatic carboxylic acids is 1. The number of carbonyl (C=O) groups is 3. The molecule has 0 aliphatic rings. The van der Waals surface area contributed by atoms with Gasteiger partial charge in [-0.1, -0.05) is 40.0 Å². The standard InChI is InChI=1S/C14H26N2O4.Na/c1-4-5-6-7-8-12(17)13(18)16-15-11(14(19)20)9-10(2)3;/h10-11,15H,4-9H2,1-3H3,(H,16,18)(H,19,20);/q;+1/p-1/t11-;/m0./s1. The second-order valence-corrected chi connectivity index (χ2v) is 5.33. The fraction of sp³-hybridized carbons (Fsp3) is 0.786. The Bertz CT molecular complexity index is 335. The molecule has 0 fully saturated rings. The second-order valence-electron chi connectivity index (χ2n) is 5.33. The van der Waals surface area contributed by atoms with E-state index in [1.54, 1.807) is 0 Å². The first-order valence-corrected chi connectivity index (χ1v) is 7.18. The van der Waals surface area contributed by atoms with Gasteiger partial charge in [-0.15, -0.1) is 0 Å². The molecule has 116 valence electrons. The molecule has 0 heterocycles. The first-order chi connectivity index (χ1) is 9.38. The van der Waals surface area contributed by atoms with Gasteiger partial charge in [0.2, 0.25) is 5.78 Å². The van der Waals surface area contributed by atoms with Crippen molar-refractivity contribution >= 4 is 17.7 Å². The molecule has 0 rings (SSSR count). The summed E-state index contributed by atoms with van der Waals surface area (Å²) in [4.78, 5) is 33.8. The maximum absolute atomic E-state index is 11.5. The molecule has 6 nitrogen and oxygen atoms in total. The molecule has 1 atom stereocenters. The number of Topliss-reactive ketones (excluding diaryl/α,β-unsaturated/α-hetero) is 1. The third kappa shape index (κ3) is 11.9. The van der Waals surface area contributed by atoms with E-state index in [1.165, 1.54) is 0 Å². The summed E-state index contributed by atoms with van der Waals surface area (Å²) in [5.74, 6) is -2.49. The van der Waals surface area contributed by atoms with Crippen LogP contribution in [0.15, 0.2) is 0 Å². The fourth-order valence-corrected chi connectivity index (χ4v) is 1.73. The van der Waals surface area contributed by atoms with Crippen molar-refractivity contribution in [2.45, 2.75) is 65.3 Å². The normalized spacial score (nSPS) is 11.6. The van der Waals surface area contributed by atoms with Crippen LogP contribution in [0.25, 0.3) is 0 Å². The van der Waals surface area contributed by atoms with Crippen molar-refractivity contribution in [3.05, 3.63) is 0 Å². The number of hydrazine groups is 1. The van der Waals surface area contributed by atoms with Gasteiger partial charge in [0.15, 0.2) is 0 Å². The van der Waals surface area contributed by atoms with Crippen molar-refractivity contribution in [3.63, 3.8) is 0 Å². The maximum Gasteiger partial charge on any atom is 1.00 e. The van der Waals surface area contributed by atoms with Crippen molar-refractivity contribution < 1.29 is 49.0 Å². The summed E-state index contributed by atoms with van der Waals surface area (Å²) >= 11 is 0. The second kappa shape index (κ2) is 13.2. The van der Waals surface area contributed by atoms with Gasteiger partial charge in [0.05, 0.1) is 12.0 Å². The van der Waals surface area contributed by atoms with Gasteiger partial charge in [0.25, 0.3) is 0 Å². The molecule has 0 aliphatic carbocycles. The molecule has 0 aliphatic heterocycles. The van der Waals surface area contributed by atoms with Gasteiger partial charge in [-0.2, -0.15) is 0 Å². The van der Waals surface area contributed by atoms with Crippen LogP contribution < -0.4 is 45.5 Å². The third-order valence-corrected chi connectivity index (χ3v) is 2.86. The van der Waals surface area contributed by atoms with Crippen LogP contribution in [0.2, 0.25) is 0 Å². The van der Waals surface area contributed by atoms with Crippen LogP contribution in [-0.4, -0.2) is 23.7 Å². The molecule has 1 amide bonds. The average Bonchev–Trinajstić information content (AvgIpc) is 2.38. The Morgan fingerprint density at radius 3 is 2.19 bits per heavy atom. The van der Waals surface area contributed by atoms with E-state index < -0.39 is 23.7 Å². The average molecular weight is 308 g/mol.